The minimum Gasteiger partial charge on any atom is -0.497 e. The third-order valence-corrected chi connectivity index (χ3v) is 3.12. The van der Waals surface area contributed by atoms with Crippen molar-refractivity contribution < 1.29 is 9.84 Å². The fourth-order valence-corrected chi connectivity index (χ4v) is 1.89. The molecule has 0 radical (unpaired) electrons. The largest absolute Gasteiger partial charge is 0.497 e. The van der Waals surface area contributed by atoms with Crippen molar-refractivity contribution in [3.05, 3.63) is 54.1 Å². The molecule has 0 aliphatic carbocycles. The predicted molar refractivity (Wildman–Crippen MR) is 76.4 cm³/mol. The first-order valence-electron chi connectivity index (χ1n) is 6.52. The van der Waals surface area contributed by atoms with Crippen LogP contribution in [0.2, 0.25) is 0 Å². The van der Waals surface area contributed by atoms with Gasteiger partial charge in [0, 0.05) is 31.2 Å². The first-order valence-corrected chi connectivity index (χ1v) is 6.52. The molecule has 1 aromatic heterocycles. The fourth-order valence-electron chi connectivity index (χ4n) is 1.89. The normalized spacial score (nSPS) is 13.8. The second-order valence-electron chi connectivity index (χ2n) is 4.55. The molecule has 0 amide bonds. The molecule has 0 saturated carbocycles. The molecule has 106 valence electrons. The molecule has 1 aromatic carbocycles. The van der Waals surface area contributed by atoms with Crippen LogP contribution in [0, 0.1) is 0 Å². The SMILES string of the molecule is COc1cccc(C(O)CNC(C)c2cnccn2)c1. The summed E-state index contributed by atoms with van der Waals surface area (Å²) in [5.74, 6) is 0.739. The van der Waals surface area contributed by atoms with Gasteiger partial charge >= 0.3 is 0 Å². The van der Waals surface area contributed by atoms with Crippen LogP contribution < -0.4 is 10.1 Å². The Morgan fingerprint density at radius 1 is 1.35 bits per heavy atom. The topological polar surface area (TPSA) is 67.3 Å². The molecule has 2 rings (SSSR count). The van der Waals surface area contributed by atoms with E-state index in [1.54, 1.807) is 25.7 Å². The zero-order valence-electron chi connectivity index (χ0n) is 11.7. The summed E-state index contributed by atoms with van der Waals surface area (Å²) in [5.41, 5.74) is 1.67. The summed E-state index contributed by atoms with van der Waals surface area (Å²) in [4.78, 5) is 8.26. The second-order valence-corrected chi connectivity index (χ2v) is 4.55. The molecule has 0 aliphatic rings. The van der Waals surface area contributed by atoms with Crippen molar-refractivity contribution in [3.63, 3.8) is 0 Å². The Kier molecular flexibility index (Phi) is 5.03. The standard InChI is InChI=1S/C15H19N3O2/c1-11(14-9-16-6-7-17-14)18-10-15(19)12-4-3-5-13(8-12)20-2/h3-9,11,15,18-19H,10H2,1-2H3. The molecule has 1 heterocycles. The second kappa shape index (κ2) is 6.98. The smallest absolute Gasteiger partial charge is 0.119 e. The average molecular weight is 273 g/mol. The molecule has 0 bridgehead atoms. The molecule has 5 nitrogen and oxygen atoms in total. The van der Waals surface area contributed by atoms with Gasteiger partial charge in [-0.05, 0) is 24.6 Å². The van der Waals surface area contributed by atoms with E-state index in [9.17, 15) is 5.11 Å². The lowest BCUT2D eigenvalue weighted by molar-refractivity contribution is 0.170. The van der Waals surface area contributed by atoms with Gasteiger partial charge in [0.1, 0.15) is 5.75 Å². The number of nitrogens with one attached hydrogen (secondary N) is 1. The van der Waals surface area contributed by atoms with Gasteiger partial charge in [-0.25, -0.2) is 0 Å². The van der Waals surface area contributed by atoms with Crippen LogP contribution >= 0.6 is 0 Å². The van der Waals surface area contributed by atoms with Crippen LogP contribution in [0.1, 0.15) is 30.3 Å². The Morgan fingerprint density at radius 2 is 2.20 bits per heavy atom. The average Bonchev–Trinajstić information content (AvgIpc) is 2.53. The Morgan fingerprint density at radius 3 is 2.90 bits per heavy atom. The Bertz CT molecular complexity index is 534. The van der Waals surface area contributed by atoms with E-state index in [-0.39, 0.29) is 6.04 Å². The number of rotatable bonds is 6. The maximum Gasteiger partial charge on any atom is 0.119 e. The number of methoxy groups -OCH3 is 1. The van der Waals surface area contributed by atoms with Crippen LogP contribution in [0.4, 0.5) is 0 Å². The Hall–Kier alpha value is -1.98. The van der Waals surface area contributed by atoms with Gasteiger partial charge in [-0.1, -0.05) is 12.1 Å². The molecule has 0 saturated heterocycles. The van der Waals surface area contributed by atoms with Crippen LogP contribution in [0.15, 0.2) is 42.9 Å². The number of nitrogens with zero attached hydrogens (tertiary/aromatic N) is 2. The van der Waals surface area contributed by atoms with Crippen LogP contribution in [-0.2, 0) is 0 Å². The van der Waals surface area contributed by atoms with Crippen molar-refractivity contribution in [1.82, 2.24) is 15.3 Å². The maximum atomic E-state index is 10.2. The molecular weight excluding hydrogens is 254 g/mol. The third-order valence-electron chi connectivity index (χ3n) is 3.12. The first kappa shape index (κ1) is 14.4. The fraction of sp³-hybridized carbons (Fsp3) is 0.333. The van der Waals surface area contributed by atoms with Gasteiger partial charge in [-0.2, -0.15) is 0 Å². The molecule has 0 aliphatic heterocycles. The quantitative estimate of drug-likeness (QED) is 0.841. The highest BCUT2D eigenvalue weighted by Crippen LogP contribution is 2.19. The van der Waals surface area contributed by atoms with Crippen molar-refractivity contribution >= 4 is 0 Å². The van der Waals surface area contributed by atoms with E-state index in [0.717, 1.165) is 17.0 Å². The summed E-state index contributed by atoms with van der Waals surface area (Å²) in [6, 6.07) is 7.46. The summed E-state index contributed by atoms with van der Waals surface area (Å²) in [5, 5.41) is 13.4. The van der Waals surface area contributed by atoms with Crippen molar-refractivity contribution in [2.45, 2.75) is 19.1 Å². The Balaban J connectivity index is 1.93. The van der Waals surface area contributed by atoms with Gasteiger partial charge in [0.25, 0.3) is 0 Å². The van der Waals surface area contributed by atoms with Crippen molar-refractivity contribution in [1.29, 1.82) is 0 Å². The number of benzene rings is 1. The van der Waals surface area contributed by atoms with Crippen molar-refractivity contribution in [2.75, 3.05) is 13.7 Å². The van der Waals surface area contributed by atoms with E-state index in [4.69, 9.17) is 4.74 Å². The maximum absolute atomic E-state index is 10.2. The van der Waals surface area contributed by atoms with E-state index < -0.39 is 6.10 Å². The van der Waals surface area contributed by atoms with Gasteiger partial charge in [0.15, 0.2) is 0 Å². The number of hydrogen-bond acceptors (Lipinski definition) is 5. The van der Waals surface area contributed by atoms with E-state index in [1.165, 1.54) is 0 Å². The zero-order chi connectivity index (χ0) is 14.4. The molecular formula is C15H19N3O2. The van der Waals surface area contributed by atoms with Crippen LogP contribution in [-0.4, -0.2) is 28.7 Å². The summed E-state index contributed by atoms with van der Waals surface area (Å²) in [7, 11) is 1.61. The highest BCUT2D eigenvalue weighted by Gasteiger charge is 2.12. The molecule has 0 spiro atoms. The predicted octanol–water partition coefficient (Wildman–Crippen LogP) is 1.87. The number of aromatic nitrogens is 2. The van der Waals surface area contributed by atoms with Gasteiger partial charge in [-0.3, -0.25) is 9.97 Å². The molecule has 2 aromatic rings. The van der Waals surface area contributed by atoms with Crippen molar-refractivity contribution in [3.8, 4) is 5.75 Å². The number of aliphatic hydroxyl groups excluding tert-OH is 1. The highest BCUT2D eigenvalue weighted by molar-refractivity contribution is 5.29. The number of aliphatic hydroxyl groups is 1. The number of ether oxygens (including phenoxy) is 1. The lowest BCUT2D eigenvalue weighted by Gasteiger charge is -2.17. The first-order chi connectivity index (χ1) is 9.70. The van der Waals surface area contributed by atoms with Crippen LogP contribution in [0.3, 0.4) is 0 Å². The molecule has 5 heteroatoms. The zero-order valence-corrected chi connectivity index (χ0v) is 11.7. The summed E-state index contributed by atoms with van der Waals surface area (Å²) in [6.07, 6.45) is 4.42. The minimum atomic E-state index is -0.593. The molecule has 2 atom stereocenters. The van der Waals surface area contributed by atoms with E-state index in [2.05, 4.69) is 15.3 Å². The summed E-state index contributed by atoms with van der Waals surface area (Å²) < 4.78 is 5.15. The minimum absolute atomic E-state index is 0.0314. The van der Waals surface area contributed by atoms with Gasteiger partial charge in [-0.15, -0.1) is 0 Å². The monoisotopic (exact) mass is 273 g/mol. The third kappa shape index (κ3) is 3.76. The lowest BCUT2D eigenvalue weighted by Crippen LogP contribution is -2.25. The molecule has 20 heavy (non-hydrogen) atoms. The lowest BCUT2D eigenvalue weighted by atomic mass is 10.1. The summed E-state index contributed by atoms with van der Waals surface area (Å²) in [6.45, 7) is 2.42. The van der Waals surface area contributed by atoms with E-state index >= 15 is 0 Å². The number of hydrogen-bond donors (Lipinski definition) is 2. The molecule has 0 fully saturated rings. The van der Waals surface area contributed by atoms with E-state index in [0.29, 0.717) is 6.54 Å². The van der Waals surface area contributed by atoms with Crippen LogP contribution in [0.5, 0.6) is 5.75 Å². The van der Waals surface area contributed by atoms with E-state index in [1.807, 2.05) is 31.2 Å². The van der Waals surface area contributed by atoms with Crippen molar-refractivity contribution in [2.24, 2.45) is 0 Å². The van der Waals surface area contributed by atoms with Gasteiger partial charge in [0.05, 0.1) is 18.9 Å². The van der Waals surface area contributed by atoms with Gasteiger partial charge < -0.3 is 15.2 Å². The highest BCUT2D eigenvalue weighted by atomic mass is 16.5. The molecule has 2 unspecified atom stereocenters. The van der Waals surface area contributed by atoms with Gasteiger partial charge in [0.2, 0.25) is 0 Å². The molecule has 2 N–H and O–H groups in total. The Labute approximate surface area is 118 Å². The summed E-state index contributed by atoms with van der Waals surface area (Å²) >= 11 is 0. The van der Waals surface area contributed by atoms with Crippen LogP contribution in [0.25, 0.3) is 0 Å².